The van der Waals surface area contributed by atoms with Crippen molar-refractivity contribution < 1.29 is 14.9 Å². The molecule has 1 atom stereocenters. The van der Waals surface area contributed by atoms with Gasteiger partial charge < -0.3 is 14.9 Å². The van der Waals surface area contributed by atoms with Gasteiger partial charge in [0.1, 0.15) is 5.75 Å². The summed E-state index contributed by atoms with van der Waals surface area (Å²) in [5.74, 6) is 0.819. The molecule has 0 radical (unpaired) electrons. The van der Waals surface area contributed by atoms with Crippen LogP contribution >= 0.6 is 0 Å². The maximum Gasteiger partial charge on any atom is 0.119 e. The summed E-state index contributed by atoms with van der Waals surface area (Å²) in [5, 5.41) is 19.7. The topological polar surface area (TPSA) is 52.9 Å². The highest BCUT2D eigenvalue weighted by atomic mass is 16.5. The van der Waals surface area contributed by atoms with Gasteiger partial charge in [0.05, 0.1) is 19.3 Å². The molecule has 0 aromatic heterocycles. The van der Waals surface area contributed by atoms with E-state index in [1.807, 2.05) is 49.4 Å². The van der Waals surface area contributed by atoms with Crippen molar-refractivity contribution in [1.82, 2.24) is 4.90 Å². The Balaban J connectivity index is 1.88. The van der Waals surface area contributed by atoms with Crippen molar-refractivity contribution in [1.29, 1.82) is 0 Å². The third-order valence-electron chi connectivity index (χ3n) is 3.96. The molecular formula is C20H27NO3. The van der Waals surface area contributed by atoms with Crippen LogP contribution in [0.15, 0.2) is 54.6 Å². The number of hydrogen-bond donors (Lipinski definition) is 2. The molecule has 4 heteroatoms. The molecule has 0 heterocycles. The first-order valence-electron chi connectivity index (χ1n) is 8.51. The molecule has 0 saturated carbocycles. The molecule has 0 spiro atoms. The minimum absolute atomic E-state index is 0.117. The van der Waals surface area contributed by atoms with Gasteiger partial charge in [0, 0.05) is 19.6 Å². The molecule has 2 aromatic rings. The Hall–Kier alpha value is -1.88. The average molecular weight is 329 g/mol. The van der Waals surface area contributed by atoms with Crippen molar-refractivity contribution in [3.05, 3.63) is 65.7 Å². The van der Waals surface area contributed by atoms with Gasteiger partial charge in [-0.3, -0.25) is 4.90 Å². The average Bonchev–Trinajstić information content (AvgIpc) is 2.61. The van der Waals surface area contributed by atoms with Gasteiger partial charge in [0.2, 0.25) is 0 Å². The second-order valence-corrected chi connectivity index (χ2v) is 5.79. The van der Waals surface area contributed by atoms with Crippen LogP contribution in [0.3, 0.4) is 0 Å². The lowest BCUT2D eigenvalue weighted by atomic mass is 10.1. The molecule has 4 nitrogen and oxygen atoms in total. The zero-order valence-corrected chi connectivity index (χ0v) is 14.3. The van der Waals surface area contributed by atoms with E-state index in [1.54, 1.807) is 0 Å². The van der Waals surface area contributed by atoms with Crippen LogP contribution in [0.2, 0.25) is 0 Å². The highest BCUT2D eigenvalue weighted by Gasteiger charge is 2.11. The molecule has 2 N–H and O–H groups in total. The summed E-state index contributed by atoms with van der Waals surface area (Å²) in [5.41, 5.74) is 2.10. The number of ether oxygens (including phenoxy) is 1. The van der Waals surface area contributed by atoms with Gasteiger partial charge in [-0.05, 0) is 36.6 Å². The first-order valence-corrected chi connectivity index (χ1v) is 8.51. The predicted octanol–water partition coefficient (Wildman–Crippen LogP) is 3.00. The SMILES string of the molecule is CCOc1ccc(C(O)CCN(CCO)Cc2ccccc2)cc1. The Morgan fingerprint density at radius 2 is 1.71 bits per heavy atom. The first-order chi connectivity index (χ1) is 11.7. The number of rotatable bonds is 10. The first kappa shape index (κ1) is 18.5. The Morgan fingerprint density at radius 1 is 1.00 bits per heavy atom. The molecule has 0 aliphatic carbocycles. The maximum atomic E-state index is 10.4. The van der Waals surface area contributed by atoms with E-state index >= 15 is 0 Å². The van der Waals surface area contributed by atoms with E-state index < -0.39 is 6.10 Å². The Morgan fingerprint density at radius 3 is 2.33 bits per heavy atom. The predicted molar refractivity (Wildman–Crippen MR) is 96.0 cm³/mol. The van der Waals surface area contributed by atoms with Crippen LogP contribution in [0.1, 0.15) is 30.6 Å². The van der Waals surface area contributed by atoms with Gasteiger partial charge in [0.25, 0.3) is 0 Å². The third kappa shape index (κ3) is 5.96. The largest absolute Gasteiger partial charge is 0.494 e. The summed E-state index contributed by atoms with van der Waals surface area (Å²) in [6.07, 6.45) is 0.110. The fourth-order valence-electron chi connectivity index (χ4n) is 2.68. The molecule has 0 saturated heterocycles. The Bertz CT molecular complexity index is 571. The minimum atomic E-state index is -0.516. The van der Waals surface area contributed by atoms with Crippen molar-refractivity contribution in [2.75, 3.05) is 26.3 Å². The zero-order chi connectivity index (χ0) is 17.2. The normalized spacial score (nSPS) is 12.3. The maximum absolute atomic E-state index is 10.4. The van der Waals surface area contributed by atoms with Crippen molar-refractivity contribution in [3.63, 3.8) is 0 Å². The van der Waals surface area contributed by atoms with Crippen LogP contribution in [-0.2, 0) is 6.54 Å². The van der Waals surface area contributed by atoms with Gasteiger partial charge >= 0.3 is 0 Å². The summed E-state index contributed by atoms with van der Waals surface area (Å²) < 4.78 is 5.42. The molecule has 0 fully saturated rings. The summed E-state index contributed by atoms with van der Waals surface area (Å²) in [4.78, 5) is 2.16. The lowest BCUT2D eigenvalue weighted by Gasteiger charge is -2.23. The summed E-state index contributed by atoms with van der Waals surface area (Å²) in [7, 11) is 0. The Kier molecular flexibility index (Phi) is 7.75. The number of nitrogens with zero attached hydrogens (tertiary/aromatic N) is 1. The van der Waals surface area contributed by atoms with E-state index in [4.69, 9.17) is 4.74 Å². The molecule has 0 bridgehead atoms. The lowest BCUT2D eigenvalue weighted by Crippen LogP contribution is -2.28. The second kappa shape index (κ2) is 10.1. The molecule has 1 unspecified atom stereocenters. The van der Waals surface area contributed by atoms with E-state index in [2.05, 4.69) is 17.0 Å². The highest BCUT2D eigenvalue weighted by Crippen LogP contribution is 2.21. The van der Waals surface area contributed by atoms with Crippen LogP contribution in [0.4, 0.5) is 0 Å². The molecule has 130 valence electrons. The van der Waals surface area contributed by atoms with E-state index in [9.17, 15) is 10.2 Å². The minimum Gasteiger partial charge on any atom is -0.494 e. The van der Waals surface area contributed by atoms with Crippen LogP contribution < -0.4 is 4.74 Å². The van der Waals surface area contributed by atoms with Crippen molar-refractivity contribution in [2.24, 2.45) is 0 Å². The fraction of sp³-hybridized carbons (Fsp3) is 0.400. The second-order valence-electron chi connectivity index (χ2n) is 5.79. The van der Waals surface area contributed by atoms with E-state index in [0.29, 0.717) is 19.6 Å². The van der Waals surface area contributed by atoms with E-state index in [0.717, 1.165) is 24.4 Å². The van der Waals surface area contributed by atoms with Gasteiger partial charge in [-0.1, -0.05) is 42.5 Å². The van der Waals surface area contributed by atoms with Crippen LogP contribution in [0.25, 0.3) is 0 Å². The van der Waals surface area contributed by atoms with Gasteiger partial charge in [-0.25, -0.2) is 0 Å². The third-order valence-corrected chi connectivity index (χ3v) is 3.96. The number of hydrogen-bond acceptors (Lipinski definition) is 4. The molecule has 2 aromatic carbocycles. The molecule has 24 heavy (non-hydrogen) atoms. The van der Waals surface area contributed by atoms with Crippen molar-refractivity contribution >= 4 is 0 Å². The summed E-state index contributed by atoms with van der Waals surface area (Å²) in [6, 6.07) is 17.8. The fourth-order valence-corrected chi connectivity index (χ4v) is 2.68. The lowest BCUT2D eigenvalue weighted by molar-refractivity contribution is 0.128. The Labute approximate surface area is 144 Å². The summed E-state index contributed by atoms with van der Waals surface area (Å²) >= 11 is 0. The van der Waals surface area contributed by atoms with Gasteiger partial charge in [-0.15, -0.1) is 0 Å². The smallest absolute Gasteiger partial charge is 0.119 e. The van der Waals surface area contributed by atoms with Crippen molar-refractivity contribution in [2.45, 2.75) is 26.0 Å². The van der Waals surface area contributed by atoms with Crippen LogP contribution in [0.5, 0.6) is 5.75 Å². The van der Waals surface area contributed by atoms with Gasteiger partial charge in [-0.2, -0.15) is 0 Å². The van der Waals surface area contributed by atoms with Gasteiger partial charge in [0.15, 0.2) is 0 Å². The quantitative estimate of drug-likeness (QED) is 0.703. The molecule has 0 amide bonds. The van der Waals surface area contributed by atoms with E-state index in [1.165, 1.54) is 5.56 Å². The monoisotopic (exact) mass is 329 g/mol. The summed E-state index contributed by atoms with van der Waals surface area (Å²) in [6.45, 7) is 4.81. The highest BCUT2D eigenvalue weighted by molar-refractivity contribution is 5.28. The molecule has 0 aliphatic rings. The number of benzene rings is 2. The van der Waals surface area contributed by atoms with Crippen LogP contribution in [0, 0.1) is 0 Å². The van der Waals surface area contributed by atoms with E-state index in [-0.39, 0.29) is 6.61 Å². The molecule has 2 rings (SSSR count). The van der Waals surface area contributed by atoms with Crippen molar-refractivity contribution in [3.8, 4) is 5.75 Å². The molecule has 0 aliphatic heterocycles. The van der Waals surface area contributed by atoms with Crippen LogP contribution in [-0.4, -0.2) is 41.4 Å². The number of aliphatic hydroxyl groups excluding tert-OH is 2. The zero-order valence-electron chi connectivity index (χ0n) is 14.3. The molecular weight excluding hydrogens is 302 g/mol. The standard InChI is InChI=1S/C20H27NO3/c1-2-24-19-10-8-18(9-11-19)20(23)12-13-21(14-15-22)16-17-6-4-3-5-7-17/h3-11,20,22-23H,2,12-16H2,1H3. The number of aliphatic hydroxyl groups is 2.